The van der Waals surface area contributed by atoms with E-state index in [0.29, 0.717) is 0 Å². The van der Waals surface area contributed by atoms with E-state index in [4.69, 9.17) is 10.8 Å². The van der Waals surface area contributed by atoms with Crippen LogP contribution in [0.15, 0.2) is 42.5 Å². The van der Waals surface area contributed by atoms with Gasteiger partial charge in [0.05, 0.1) is 0 Å². The van der Waals surface area contributed by atoms with Crippen LogP contribution in [0.4, 0.5) is 23.5 Å². The molecule has 2 aromatic carbocycles. The summed E-state index contributed by atoms with van der Waals surface area (Å²) < 4.78 is 0. The third kappa shape index (κ3) is 4.61. The number of carboxylic acids is 2. The molecule has 0 aliphatic carbocycles. The number of anilines is 4. The van der Waals surface area contributed by atoms with E-state index >= 15 is 0 Å². The highest BCUT2D eigenvalue weighted by Gasteiger charge is 2.20. The van der Waals surface area contributed by atoms with E-state index in [1.54, 1.807) is 0 Å². The highest BCUT2D eigenvalue weighted by atomic mass is 16.4. The number of nitrogen functional groups attached to an aromatic ring is 1. The SMILES string of the molecule is Nc1nc(Nc2cccc3ccccc23)nc(NC(CCC(=O)O)C(=O)O)n1. The number of hydrogen-bond donors (Lipinski definition) is 5. The number of nitrogens with one attached hydrogen (secondary N) is 2. The summed E-state index contributed by atoms with van der Waals surface area (Å²) in [6.07, 6.45) is -0.450. The van der Waals surface area contributed by atoms with Gasteiger partial charge in [0.25, 0.3) is 0 Å². The molecule has 0 saturated carbocycles. The molecule has 1 atom stereocenters. The van der Waals surface area contributed by atoms with Gasteiger partial charge in [0.15, 0.2) is 0 Å². The average molecular weight is 382 g/mol. The maximum absolute atomic E-state index is 11.4. The Hall–Kier alpha value is -3.95. The highest BCUT2D eigenvalue weighted by Crippen LogP contribution is 2.25. The smallest absolute Gasteiger partial charge is 0.326 e. The van der Waals surface area contributed by atoms with Crippen molar-refractivity contribution >= 4 is 46.2 Å². The van der Waals surface area contributed by atoms with E-state index in [9.17, 15) is 14.7 Å². The molecule has 0 radical (unpaired) electrons. The van der Waals surface area contributed by atoms with Crippen LogP contribution in [0.25, 0.3) is 10.8 Å². The maximum atomic E-state index is 11.4. The minimum Gasteiger partial charge on any atom is -0.481 e. The van der Waals surface area contributed by atoms with E-state index in [2.05, 4.69) is 25.6 Å². The molecule has 0 spiro atoms. The molecular formula is C18H18N6O4. The van der Waals surface area contributed by atoms with Crippen molar-refractivity contribution in [2.75, 3.05) is 16.4 Å². The predicted octanol–water partition coefficient (Wildman–Crippen LogP) is 2.08. The lowest BCUT2D eigenvalue weighted by molar-refractivity contribution is -0.139. The van der Waals surface area contributed by atoms with E-state index in [1.807, 2.05) is 42.5 Å². The monoisotopic (exact) mass is 382 g/mol. The van der Waals surface area contributed by atoms with Crippen LogP contribution in [0.1, 0.15) is 12.8 Å². The normalized spacial score (nSPS) is 11.7. The molecule has 3 rings (SSSR count). The van der Waals surface area contributed by atoms with Crippen molar-refractivity contribution in [2.45, 2.75) is 18.9 Å². The molecule has 0 amide bonds. The van der Waals surface area contributed by atoms with E-state index in [0.717, 1.165) is 16.5 Å². The molecule has 0 aliphatic heterocycles. The molecule has 0 saturated heterocycles. The van der Waals surface area contributed by atoms with Gasteiger partial charge in [0, 0.05) is 17.5 Å². The Labute approximate surface area is 159 Å². The van der Waals surface area contributed by atoms with Crippen LogP contribution in [-0.4, -0.2) is 43.1 Å². The summed E-state index contributed by atoms with van der Waals surface area (Å²) in [5.74, 6) is -2.35. The number of carboxylic acid groups (broad SMARTS) is 2. The van der Waals surface area contributed by atoms with Gasteiger partial charge in [-0.3, -0.25) is 4.79 Å². The molecule has 1 aromatic heterocycles. The minimum atomic E-state index is -1.22. The molecule has 0 aliphatic rings. The zero-order chi connectivity index (χ0) is 20.1. The largest absolute Gasteiger partial charge is 0.481 e. The predicted molar refractivity (Wildman–Crippen MR) is 103 cm³/mol. The maximum Gasteiger partial charge on any atom is 0.326 e. The number of hydrogen-bond acceptors (Lipinski definition) is 8. The Balaban J connectivity index is 1.84. The van der Waals surface area contributed by atoms with Crippen LogP contribution in [-0.2, 0) is 9.59 Å². The zero-order valence-electron chi connectivity index (χ0n) is 14.7. The molecule has 0 bridgehead atoms. The summed E-state index contributed by atoms with van der Waals surface area (Å²) in [7, 11) is 0. The Bertz CT molecular complexity index is 1020. The van der Waals surface area contributed by atoms with Crippen molar-refractivity contribution in [1.29, 1.82) is 0 Å². The molecule has 28 heavy (non-hydrogen) atoms. The number of aromatic nitrogens is 3. The fourth-order valence-corrected chi connectivity index (χ4v) is 2.65. The number of rotatable bonds is 8. The first-order valence-corrected chi connectivity index (χ1v) is 8.40. The standard InChI is InChI=1S/C18H18N6O4/c19-16-22-17(20-12-7-3-5-10-4-1-2-6-11(10)12)24-18(23-16)21-13(15(27)28)8-9-14(25)26/h1-7,13H,8-9H2,(H,25,26)(H,27,28)(H4,19,20,21,22,23,24). The lowest BCUT2D eigenvalue weighted by Crippen LogP contribution is -2.31. The van der Waals surface area contributed by atoms with Gasteiger partial charge >= 0.3 is 11.9 Å². The van der Waals surface area contributed by atoms with Gasteiger partial charge in [0.1, 0.15) is 6.04 Å². The lowest BCUT2D eigenvalue weighted by atomic mass is 10.1. The van der Waals surface area contributed by atoms with Crippen molar-refractivity contribution in [2.24, 2.45) is 0 Å². The molecular weight excluding hydrogens is 364 g/mol. The molecule has 144 valence electrons. The number of fused-ring (bicyclic) bond motifs is 1. The second-order valence-corrected chi connectivity index (χ2v) is 5.96. The van der Waals surface area contributed by atoms with Gasteiger partial charge in [-0.1, -0.05) is 36.4 Å². The fourth-order valence-electron chi connectivity index (χ4n) is 2.65. The quantitative estimate of drug-likeness (QED) is 0.389. The van der Waals surface area contributed by atoms with Crippen LogP contribution >= 0.6 is 0 Å². The van der Waals surface area contributed by atoms with Crippen LogP contribution in [0.5, 0.6) is 0 Å². The van der Waals surface area contributed by atoms with Gasteiger partial charge in [-0.2, -0.15) is 15.0 Å². The molecule has 1 unspecified atom stereocenters. The highest BCUT2D eigenvalue weighted by molar-refractivity contribution is 5.94. The summed E-state index contributed by atoms with van der Waals surface area (Å²) in [5.41, 5.74) is 6.46. The number of aliphatic carboxylic acids is 2. The fraction of sp³-hybridized carbons (Fsp3) is 0.167. The second-order valence-electron chi connectivity index (χ2n) is 5.96. The first kappa shape index (κ1) is 18.8. The molecule has 10 heteroatoms. The minimum absolute atomic E-state index is 0.0620. The number of nitrogens with two attached hydrogens (primary N) is 1. The topological polar surface area (TPSA) is 163 Å². The van der Waals surface area contributed by atoms with Crippen molar-refractivity contribution in [3.8, 4) is 0 Å². The molecule has 0 fully saturated rings. The molecule has 10 nitrogen and oxygen atoms in total. The van der Waals surface area contributed by atoms with Gasteiger partial charge in [0.2, 0.25) is 17.8 Å². The average Bonchev–Trinajstić information content (AvgIpc) is 2.64. The van der Waals surface area contributed by atoms with E-state index in [-0.39, 0.29) is 30.7 Å². The van der Waals surface area contributed by atoms with E-state index < -0.39 is 18.0 Å². The van der Waals surface area contributed by atoms with Crippen LogP contribution in [0, 0.1) is 0 Å². The zero-order valence-corrected chi connectivity index (χ0v) is 14.7. The summed E-state index contributed by atoms with van der Waals surface area (Å²) in [6, 6.07) is 12.3. The van der Waals surface area contributed by atoms with Gasteiger partial charge in [-0.05, 0) is 17.9 Å². The van der Waals surface area contributed by atoms with Crippen molar-refractivity contribution in [1.82, 2.24) is 15.0 Å². The first-order valence-electron chi connectivity index (χ1n) is 8.40. The second kappa shape index (κ2) is 8.16. The number of nitrogens with zero attached hydrogens (tertiary/aromatic N) is 3. The summed E-state index contributed by atoms with van der Waals surface area (Å²) in [6.45, 7) is 0. The van der Waals surface area contributed by atoms with Crippen molar-refractivity contribution in [3.63, 3.8) is 0 Å². The molecule has 1 heterocycles. The summed E-state index contributed by atoms with van der Waals surface area (Å²) >= 11 is 0. The Morgan fingerprint density at radius 2 is 1.71 bits per heavy atom. The Morgan fingerprint density at radius 3 is 2.46 bits per heavy atom. The Morgan fingerprint density at radius 1 is 1.00 bits per heavy atom. The van der Waals surface area contributed by atoms with Crippen LogP contribution in [0.3, 0.4) is 0 Å². The Kier molecular flexibility index (Phi) is 5.49. The van der Waals surface area contributed by atoms with Gasteiger partial charge < -0.3 is 26.6 Å². The third-order valence-electron chi connectivity index (χ3n) is 3.94. The van der Waals surface area contributed by atoms with Crippen molar-refractivity contribution in [3.05, 3.63) is 42.5 Å². The third-order valence-corrected chi connectivity index (χ3v) is 3.94. The summed E-state index contributed by atoms with van der Waals surface area (Å²) in [5, 5.41) is 25.6. The van der Waals surface area contributed by atoms with E-state index in [1.165, 1.54) is 0 Å². The van der Waals surface area contributed by atoms with Crippen LogP contribution < -0.4 is 16.4 Å². The van der Waals surface area contributed by atoms with Crippen molar-refractivity contribution < 1.29 is 19.8 Å². The van der Waals surface area contributed by atoms with Crippen LogP contribution in [0.2, 0.25) is 0 Å². The summed E-state index contributed by atoms with van der Waals surface area (Å²) in [4.78, 5) is 34.1. The number of carbonyl (C=O) groups is 2. The number of benzene rings is 2. The van der Waals surface area contributed by atoms with Gasteiger partial charge in [-0.15, -0.1) is 0 Å². The first-order chi connectivity index (χ1) is 13.4. The molecule has 3 aromatic rings. The molecule has 6 N–H and O–H groups in total. The van der Waals surface area contributed by atoms with Gasteiger partial charge in [-0.25, -0.2) is 4.79 Å². The lowest BCUT2D eigenvalue weighted by Gasteiger charge is -2.14.